The van der Waals surface area contributed by atoms with Gasteiger partial charge in [0.1, 0.15) is 17.4 Å². The Morgan fingerprint density at radius 3 is 2.23 bits per heavy atom. The molecule has 0 saturated carbocycles. The molecule has 0 heterocycles. The molecule has 2 nitrogen and oxygen atoms in total. The van der Waals surface area contributed by atoms with Gasteiger partial charge in [-0.1, -0.05) is 36.4 Å². The highest BCUT2D eigenvalue weighted by atomic mass is 19.1. The molecule has 0 unspecified atom stereocenters. The molecule has 0 bridgehead atoms. The molecule has 0 atom stereocenters. The Bertz CT molecular complexity index is 1000. The Morgan fingerprint density at radius 1 is 0.900 bits per heavy atom. The van der Waals surface area contributed by atoms with E-state index in [-0.39, 0.29) is 6.61 Å². The first-order chi connectivity index (χ1) is 14.4. The van der Waals surface area contributed by atoms with Crippen LogP contribution in [0.1, 0.15) is 40.7 Å². The van der Waals surface area contributed by atoms with E-state index in [1.165, 1.54) is 23.3 Å². The number of hydrogen-bond donors (Lipinski definition) is 1. The highest BCUT2D eigenvalue weighted by Crippen LogP contribution is 2.26. The van der Waals surface area contributed by atoms with Crippen LogP contribution in [0, 0.1) is 25.5 Å². The van der Waals surface area contributed by atoms with Gasteiger partial charge in [-0.25, -0.2) is 8.78 Å². The predicted octanol–water partition coefficient (Wildman–Crippen LogP) is 6.47. The molecule has 30 heavy (non-hydrogen) atoms. The molecule has 0 aliphatic carbocycles. The molecule has 0 aliphatic heterocycles. The Balaban J connectivity index is 1.75. The van der Waals surface area contributed by atoms with E-state index < -0.39 is 11.6 Å². The fourth-order valence-corrected chi connectivity index (χ4v) is 3.24. The summed E-state index contributed by atoms with van der Waals surface area (Å²) in [5, 5.41) is 9.10. The highest BCUT2D eigenvalue weighted by molar-refractivity contribution is 5.81. The van der Waals surface area contributed by atoms with Crippen LogP contribution in [0.2, 0.25) is 0 Å². The number of allylic oxidation sites excluding steroid dienone is 1. The van der Waals surface area contributed by atoms with Crippen LogP contribution in [0.3, 0.4) is 0 Å². The van der Waals surface area contributed by atoms with Crippen molar-refractivity contribution in [2.75, 3.05) is 6.61 Å². The molecule has 4 heteroatoms. The average Bonchev–Trinajstić information content (AvgIpc) is 2.72. The molecule has 0 saturated heterocycles. The van der Waals surface area contributed by atoms with Crippen LogP contribution in [0.25, 0.3) is 11.6 Å². The zero-order chi connectivity index (χ0) is 21.5. The maximum Gasteiger partial charge on any atom is 0.126 e. The normalized spacial score (nSPS) is 11.6. The fourth-order valence-electron chi connectivity index (χ4n) is 3.24. The molecule has 3 aromatic carbocycles. The zero-order valence-electron chi connectivity index (χ0n) is 17.3. The van der Waals surface area contributed by atoms with Gasteiger partial charge in [-0.3, -0.25) is 0 Å². The number of rotatable bonds is 8. The van der Waals surface area contributed by atoms with E-state index in [2.05, 4.69) is 13.0 Å². The minimum atomic E-state index is -0.587. The lowest BCUT2D eigenvalue weighted by molar-refractivity contribution is 0.281. The number of benzene rings is 3. The van der Waals surface area contributed by atoms with E-state index in [1.807, 2.05) is 49.4 Å². The molecule has 1 N–H and O–H groups in total. The minimum absolute atomic E-state index is 0.00286. The van der Waals surface area contributed by atoms with Crippen molar-refractivity contribution in [3.63, 3.8) is 0 Å². The van der Waals surface area contributed by atoms with Crippen LogP contribution in [0.5, 0.6) is 5.75 Å². The summed E-state index contributed by atoms with van der Waals surface area (Å²) < 4.78 is 33.4. The van der Waals surface area contributed by atoms with E-state index in [0.29, 0.717) is 25.0 Å². The molecule has 0 aliphatic rings. The monoisotopic (exact) mass is 408 g/mol. The number of aliphatic hydroxyl groups excluding tert-OH is 1. The van der Waals surface area contributed by atoms with Crippen LogP contribution in [-0.4, -0.2) is 11.7 Å². The second-order valence-electron chi connectivity index (χ2n) is 7.43. The summed E-state index contributed by atoms with van der Waals surface area (Å²) in [7, 11) is 0. The smallest absolute Gasteiger partial charge is 0.126 e. The van der Waals surface area contributed by atoms with Gasteiger partial charge in [-0.15, -0.1) is 0 Å². The molecule has 0 fully saturated rings. The summed E-state index contributed by atoms with van der Waals surface area (Å²) in [6.45, 7) is 4.57. The van der Waals surface area contributed by atoms with E-state index in [1.54, 1.807) is 0 Å². The third-order valence-corrected chi connectivity index (χ3v) is 5.07. The molecule has 156 valence electrons. The van der Waals surface area contributed by atoms with Crippen molar-refractivity contribution in [2.24, 2.45) is 0 Å². The van der Waals surface area contributed by atoms with E-state index in [4.69, 9.17) is 9.84 Å². The van der Waals surface area contributed by atoms with Gasteiger partial charge < -0.3 is 9.84 Å². The van der Waals surface area contributed by atoms with E-state index >= 15 is 0 Å². The maximum absolute atomic E-state index is 13.8. The Kier molecular flexibility index (Phi) is 7.36. The van der Waals surface area contributed by atoms with Crippen molar-refractivity contribution in [3.05, 3.63) is 100 Å². The first-order valence-corrected chi connectivity index (χ1v) is 10.0. The topological polar surface area (TPSA) is 29.5 Å². The quantitative estimate of drug-likeness (QED) is 0.342. The van der Waals surface area contributed by atoms with Crippen molar-refractivity contribution in [1.29, 1.82) is 0 Å². The summed E-state index contributed by atoms with van der Waals surface area (Å²) in [6, 6.07) is 17.0. The molecule has 0 spiro atoms. The van der Waals surface area contributed by atoms with Crippen LogP contribution in [-0.2, 0) is 6.61 Å². The SMILES string of the molecule is Cc1ccc(C=C(CCCOc2ccc(CO)cc2)c2cc(F)cc(F)c2)cc1C. The zero-order valence-corrected chi connectivity index (χ0v) is 17.3. The largest absolute Gasteiger partial charge is 0.494 e. The van der Waals surface area contributed by atoms with E-state index in [0.717, 1.165) is 28.5 Å². The second kappa shape index (κ2) is 10.2. The van der Waals surface area contributed by atoms with Gasteiger partial charge in [-0.2, -0.15) is 0 Å². The fraction of sp³-hybridized carbons (Fsp3) is 0.231. The molecular formula is C26H26F2O2. The minimum Gasteiger partial charge on any atom is -0.494 e. The number of halogens is 2. The lowest BCUT2D eigenvalue weighted by atomic mass is 9.97. The summed E-state index contributed by atoms with van der Waals surface area (Å²) in [4.78, 5) is 0. The van der Waals surface area contributed by atoms with Crippen molar-refractivity contribution in [2.45, 2.75) is 33.3 Å². The standard InChI is InChI=1S/C26H26F2O2/c1-18-5-6-21(12-19(18)2)13-22(23-14-24(27)16-25(28)15-23)4-3-11-30-26-9-7-20(17-29)8-10-26/h5-10,12-16,29H,3-4,11,17H2,1-2H3. The van der Waals surface area contributed by atoms with Crippen LogP contribution in [0.15, 0.2) is 60.7 Å². The lowest BCUT2D eigenvalue weighted by Crippen LogP contribution is -1.99. The van der Waals surface area contributed by atoms with Gasteiger partial charge in [0.2, 0.25) is 0 Å². The molecular weight excluding hydrogens is 382 g/mol. The number of hydrogen-bond acceptors (Lipinski definition) is 2. The third-order valence-electron chi connectivity index (χ3n) is 5.07. The summed E-state index contributed by atoms with van der Waals surface area (Å²) >= 11 is 0. The summed E-state index contributed by atoms with van der Waals surface area (Å²) in [6.07, 6.45) is 3.29. The first-order valence-electron chi connectivity index (χ1n) is 10.0. The van der Waals surface area contributed by atoms with Crippen LogP contribution >= 0.6 is 0 Å². The van der Waals surface area contributed by atoms with Gasteiger partial charge in [0.25, 0.3) is 0 Å². The molecule has 0 amide bonds. The Hall–Kier alpha value is -2.98. The molecule has 0 aromatic heterocycles. The number of aryl methyl sites for hydroxylation is 2. The van der Waals surface area contributed by atoms with Gasteiger partial charge >= 0.3 is 0 Å². The maximum atomic E-state index is 13.8. The van der Waals surface area contributed by atoms with Crippen molar-refractivity contribution >= 4 is 11.6 Å². The summed E-state index contributed by atoms with van der Waals surface area (Å²) in [5.41, 5.74) is 5.59. The third kappa shape index (κ3) is 6.01. The Morgan fingerprint density at radius 2 is 1.60 bits per heavy atom. The van der Waals surface area contributed by atoms with Gasteiger partial charge in [0.05, 0.1) is 13.2 Å². The predicted molar refractivity (Wildman–Crippen MR) is 117 cm³/mol. The van der Waals surface area contributed by atoms with Crippen LogP contribution in [0.4, 0.5) is 8.78 Å². The van der Waals surface area contributed by atoms with Gasteiger partial charge in [0.15, 0.2) is 0 Å². The van der Waals surface area contributed by atoms with Crippen molar-refractivity contribution < 1.29 is 18.6 Å². The molecule has 3 rings (SSSR count). The van der Waals surface area contributed by atoms with Crippen molar-refractivity contribution in [3.8, 4) is 5.75 Å². The van der Waals surface area contributed by atoms with Gasteiger partial charge in [-0.05, 0) is 84.3 Å². The van der Waals surface area contributed by atoms with Crippen molar-refractivity contribution in [1.82, 2.24) is 0 Å². The average molecular weight is 408 g/mol. The molecule has 0 radical (unpaired) electrons. The summed E-state index contributed by atoms with van der Waals surface area (Å²) in [5.74, 6) is -0.448. The number of ether oxygens (including phenoxy) is 1. The lowest BCUT2D eigenvalue weighted by Gasteiger charge is -2.11. The second-order valence-corrected chi connectivity index (χ2v) is 7.43. The Labute approximate surface area is 176 Å². The number of aliphatic hydroxyl groups is 1. The van der Waals surface area contributed by atoms with Gasteiger partial charge in [0, 0.05) is 6.07 Å². The first kappa shape index (κ1) is 21.7. The highest BCUT2D eigenvalue weighted by Gasteiger charge is 2.08. The van der Waals surface area contributed by atoms with E-state index in [9.17, 15) is 8.78 Å². The van der Waals surface area contributed by atoms with Crippen LogP contribution < -0.4 is 4.74 Å². The molecule has 3 aromatic rings.